The normalized spacial score (nSPS) is 15.2. The van der Waals surface area contributed by atoms with Gasteiger partial charge in [0.1, 0.15) is 5.82 Å². The Morgan fingerprint density at radius 1 is 1.11 bits per heavy atom. The van der Waals surface area contributed by atoms with E-state index in [-0.39, 0.29) is 24.1 Å². The number of carbonyl (C=O) groups excluding carboxylic acids is 1. The maximum absolute atomic E-state index is 13.0. The van der Waals surface area contributed by atoms with Gasteiger partial charge in [-0.2, -0.15) is 0 Å². The summed E-state index contributed by atoms with van der Waals surface area (Å²) in [6.45, 7) is 7.83. The summed E-state index contributed by atoms with van der Waals surface area (Å²) in [5.74, 6) is -0.0144. The number of anilines is 1. The topological polar surface area (TPSA) is 32.3 Å². The number of benzene rings is 2. The molecule has 2 aromatic carbocycles. The fourth-order valence-corrected chi connectivity index (χ4v) is 4.00. The summed E-state index contributed by atoms with van der Waals surface area (Å²) in [5.41, 5.74) is 4.04. The molecule has 0 saturated carbocycles. The summed E-state index contributed by atoms with van der Waals surface area (Å²) in [4.78, 5) is 15.0. The molecule has 152 valence electrons. The molecule has 3 rings (SSSR count). The third-order valence-electron chi connectivity index (χ3n) is 5.27. The summed E-state index contributed by atoms with van der Waals surface area (Å²) in [7, 11) is 0. The largest absolute Gasteiger partial charge is 0.322 e. The van der Waals surface area contributed by atoms with Gasteiger partial charge in [-0.15, -0.1) is 12.4 Å². The minimum Gasteiger partial charge on any atom is -0.322 e. The monoisotopic (exact) mass is 404 g/mol. The fourth-order valence-electron chi connectivity index (χ4n) is 4.00. The second kappa shape index (κ2) is 10.6. The number of nitrogens with one attached hydrogen (secondary N) is 1. The van der Waals surface area contributed by atoms with Crippen molar-refractivity contribution in [1.82, 2.24) is 4.90 Å². The number of hydrogen-bond donors (Lipinski definition) is 1. The van der Waals surface area contributed by atoms with E-state index in [0.717, 1.165) is 31.7 Å². The Bertz CT molecular complexity index is 773. The molecule has 1 atom stereocenters. The van der Waals surface area contributed by atoms with E-state index < -0.39 is 0 Å². The Balaban J connectivity index is 0.00000280. The summed E-state index contributed by atoms with van der Waals surface area (Å²) >= 11 is 0. The molecule has 1 aliphatic carbocycles. The highest BCUT2D eigenvalue weighted by molar-refractivity contribution is 6.04. The number of carbonyl (C=O) groups is 1. The lowest BCUT2D eigenvalue weighted by Gasteiger charge is -2.25. The first-order chi connectivity index (χ1) is 13.1. The standard InChI is InChI=1S/C23H29FN2O.ClH/c1-3-13-26(14-4-2)16-19-6-5-17-9-12-21(15-22(17)19)25-23(27)18-7-10-20(24)11-8-18;/h7-12,15,19H,3-6,13-14,16H2,1-2H3,(H,25,27);1H. The highest BCUT2D eigenvalue weighted by Crippen LogP contribution is 2.35. The van der Waals surface area contributed by atoms with Crippen LogP contribution in [0, 0.1) is 5.82 Å². The molecule has 0 spiro atoms. The first-order valence-electron chi connectivity index (χ1n) is 10.0. The van der Waals surface area contributed by atoms with E-state index >= 15 is 0 Å². The predicted octanol–water partition coefficient (Wildman–Crippen LogP) is 5.65. The Morgan fingerprint density at radius 2 is 1.79 bits per heavy atom. The maximum atomic E-state index is 13.0. The molecular formula is C23H30ClFN2O. The molecule has 0 bridgehead atoms. The van der Waals surface area contributed by atoms with Gasteiger partial charge in [-0.1, -0.05) is 19.9 Å². The third kappa shape index (κ3) is 5.55. The van der Waals surface area contributed by atoms with Crippen molar-refractivity contribution >= 4 is 24.0 Å². The van der Waals surface area contributed by atoms with Crippen LogP contribution < -0.4 is 5.32 Å². The van der Waals surface area contributed by atoms with Gasteiger partial charge in [-0.25, -0.2) is 4.39 Å². The van der Waals surface area contributed by atoms with Crippen molar-refractivity contribution in [2.75, 3.05) is 25.0 Å². The third-order valence-corrected chi connectivity index (χ3v) is 5.27. The van der Waals surface area contributed by atoms with Crippen molar-refractivity contribution in [3.8, 4) is 0 Å². The van der Waals surface area contributed by atoms with Gasteiger partial charge in [0.05, 0.1) is 0 Å². The molecule has 3 nitrogen and oxygen atoms in total. The number of hydrogen-bond acceptors (Lipinski definition) is 2. The quantitative estimate of drug-likeness (QED) is 0.616. The van der Waals surface area contributed by atoms with E-state index in [4.69, 9.17) is 0 Å². The maximum Gasteiger partial charge on any atom is 0.255 e. The van der Waals surface area contributed by atoms with Crippen LogP contribution in [0.2, 0.25) is 0 Å². The van der Waals surface area contributed by atoms with Crippen LogP contribution in [-0.4, -0.2) is 30.4 Å². The van der Waals surface area contributed by atoms with Crippen LogP contribution in [0.25, 0.3) is 0 Å². The van der Waals surface area contributed by atoms with Crippen molar-refractivity contribution in [1.29, 1.82) is 0 Å². The first kappa shape index (κ1) is 22.4. The minimum atomic E-state index is -0.337. The molecule has 0 heterocycles. The van der Waals surface area contributed by atoms with Crippen molar-refractivity contribution < 1.29 is 9.18 Å². The molecule has 1 N–H and O–H groups in total. The minimum absolute atomic E-state index is 0. The molecule has 0 aromatic heterocycles. The Kier molecular flexibility index (Phi) is 8.46. The molecule has 5 heteroatoms. The predicted molar refractivity (Wildman–Crippen MR) is 116 cm³/mol. The summed E-state index contributed by atoms with van der Waals surface area (Å²) in [6, 6.07) is 11.9. The van der Waals surface area contributed by atoms with Gasteiger partial charge in [0.2, 0.25) is 0 Å². The van der Waals surface area contributed by atoms with Crippen LogP contribution in [0.4, 0.5) is 10.1 Å². The summed E-state index contributed by atoms with van der Waals surface area (Å²) in [5, 5.41) is 2.96. The molecule has 1 aliphatic rings. The van der Waals surface area contributed by atoms with Crippen LogP contribution in [0.3, 0.4) is 0 Å². The number of amides is 1. The molecule has 0 fully saturated rings. The van der Waals surface area contributed by atoms with Crippen LogP contribution in [0.15, 0.2) is 42.5 Å². The lowest BCUT2D eigenvalue weighted by molar-refractivity contribution is 0.102. The van der Waals surface area contributed by atoms with E-state index in [9.17, 15) is 9.18 Å². The average molecular weight is 405 g/mol. The number of nitrogens with zero attached hydrogens (tertiary/aromatic N) is 1. The van der Waals surface area contributed by atoms with Gasteiger partial charge in [0.25, 0.3) is 5.91 Å². The van der Waals surface area contributed by atoms with Gasteiger partial charge >= 0.3 is 0 Å². The number of aryl methyl sites for hydroxylation is 1. The SMILES string of the molecule is CCCN(CCC)CC1CCc2ccc(NC(=O)c3ccc(F)cc3)cc21.Cl. The number of rotatable bonds is 8. The van der Waals surface area contributed by atoms with E-state index in [1.807, 2.05) is 6.07 Å². The van der Waals surface area contributed by atoms with Crippen LogP contribution in [0.1, 0.15) is 60.5 Å². The average Bonchev–Trinajstić information content (AvgIpc) is 3.05. The van der Waals surface area contributed by atoms with Gasteiger partial charge in [-0.05, 0) is 92.2 Å². The van der Waals surface area contributed by atoms with Crippen molar-refractivity contribution in [2.45, 2.75) is 45.4 Å². The van der Waals surface area contributed by atoms with E-state index in [1.54, 1.807) is 0 Å². The van der Waals surface area contributed by atoms with Crippen molar-refractivity contribution in [3.63, 3.8) is 0 Å². The van der Waals surface area contributed by atoms with Gasteiger partial charge < -0.3 is 10.2 Å². The van der Waals surface area contributed by atoms with Crippen LogP contribution in [0.5, 0.6) is 0 Å². The molecule has 0 aliphatic heterocycles. The molecular weight excluding hydrogens is 375 g/mol. The molecule has 2 aromatic rings. The summed E-state index contributed by atoms with van der Waals surface area (Å²) < 4.78 is 13.0. The number of fused-ring (bicyclic) bond motifs is 1. The van der Waals surface area contributed by atoms with Gasteiger partial charge in [-0.3, -0.25) is 4.79 Å². The molecule has 1 amide bonds. The Labute approximate surface area is 173 Å². The molecule has 0 radical (unpaired) electrons. The Hall–Kier alpha value is -1.91. The van der Waals surface area contributed by atoms with Crippen LogP contribution >= 0.6 is 12.4 Å². The highest BCUT2D eigenvalue weighted by Gasteiger charge is 2.24. The Morgan fingerprint density at radius 3 is 2.43 bits per heavy atom. The zero-order chi connectivity index (χ0) is 19.2. The highest BCUT2D eigenvalue weighted by atomic mass is 35.5. The second-order valence-corrected chi connectivity index (χ2v) is 7.41. The van der Waals surface area contributed by atoms with Crippen molar-refractivity contribution in [3.05, 3.63) is 65.0 Å². The number of halogens is 2. The zero-order valence-electron chi connectivity index (χ0n) is 16.7. The molecule has 0 saturated heterocycles. The lowest BCUT2D eigenvalue weighted by atomic mass is 9.99. The van der Waals surface area contributed by atoms with Gasteiger partial charge in [0.15, 0.2) is 0 Å². The first-order valence-corrected chi connectivity index (χ1v) is 10.0. The van der Waals surface area contributed by atoms with Gasteiger partial charge in [0, 0.05) is 17.8 Å². The summed E-state index contributed by atoms with van der Waals surface area (Å²) in [6.07, 6.45) is 4.63. The zero-order valence-corrected chi connectivity index (χ0v) is 17.5. The van der Waals surface area contributed by atoms with Crippen LogP contribution in [-0.2, 0) is 6.42 Å². The lowest BCUT2D eigenvalue weighted by Crippen LogP contribution is -2.29. The van der Waals surface area contributed by atoms with E-state index in [0.29, 0.717) is 11.5 Å². The van der Waals surface area contributed by atoms with Crippen molar-refractivity contribution in [2.24, 2.45) is 0 Å². The fraction of sp³-hybridized carbons (Fsp3) is 0.435. The van der Waals surface area contributed by atoms with E-state index in [1.165, 1.54) is 54.7 Å². The second-order valence-electron chi connectivity index (χ2n) is 7.41. The smallest absolute Gasteiger partial charge is 0.255 e. The molecule has 28 heavy (non-hydrogen) atoms. The molecule has 1 unspecified atom stereocenters. The van der Waals surface area contributed by atoms with E-state index in [2.05, 4.69) is 36.2 Å².